The Labute approximate surface area is 176 Å². The number of para-hydroxylation sites is 1. The first-order valence-corrected chi connectivity index (χ1v) is 9.46. The lowest BCUT2D eigenvalue weighted by molar-refractivity contribution is -0.137. The number of imide groups is 1. The lowest BCUT2D eigenvalue weighted by Gasteiger charge is -2.17. The van der Waals surface area contributed by atoms with Gasteiger partial charge in [-0.25, -0.2) is 4.90 Å². The van der Waals surface area contributed by atoms with Crippen LogP contribution in [-0.2, 0) is 15.8 Å². The van der Waals surface area contributed by atoms with Gasteiger partial charge in [0.05, 0.1) is 16.8 Å². The summed E-state index contributed by atoms with van der Waals surface area (Å²) in [5.74, 6) is -1.40. The van der Waals surface area contributed by atoms with Crippen molar-refractivity contribution >= 4 is 28.8 Å². The van der Waals surface area contributed by atoms with Gasteiger partial charge in [-0.1, -0.05) is 54.6 Å². The maximum Gasteiger partial charge on any atom is 0.416 e. The molecule has 0 radical (unpaired) electrons. The summed E-state index contributed by atoms with van der Waals surface area (Å²) in [6.07, 6.45) is -4.60. The van der Waals surface area contributed by atoms with Gasteiger partial charge in [0.2, 0.25) is 0 Å². The number of hydrogen-bond acceptors (Lipinski definition) is 3. The number of amides is 2. The van der Waals surface area contributed by atoms with Crippen molar-refractivity contribution in [3.63, 3.8) is 0 Å². The molecule has 4 nitrogen and oxygen atoms in total. The van der Waals surface area contributed by atoms with Crippen molar-refractivity contribution < 1.29 is 22.8 Å². The minimum Gasteiger partial charge on any atom is -0.350 e. The fraction of sp³-hybridized carbons (Fsp3) is 0.0833. The van der Waals surface area contributed by atoms with Crippen LogP contribution >= 0.6 is 0 Å². The number of carbonyl (C=O) groups is 2. The van der Waals surface area contributed by atoms with E-state index in [1.807, 2.05) is 19.1 Å². The van der Waals surface area contributed by atoms with E-state index in [0.717, 1.165) is 22.6 Å². The number of benzene rings is 3. The van der Waals surface area contributed by atoms with Crippen molar-refractivity contribution in [2.45, 2.75) is 13.1 Å². The number of anilines is 2. The van der Waals surface area contributed by atoms with E-state index in [0.29, 0.717) is 11.3 Å². The molecule has 0 fully saturated rings. The number of nitrogens with zero attached hydrogens (tertiary/aromatic N) is 1. The molecule has 2 amide bonds. The third-order valence-electron chi connectivity index (χ3n) is 4.98. The average molecular weight is 422 g/mol. The Hall–Kier alpha value is -3.87. The van der Waals surface area contributed by atoms with E-state index in [4.69, 9.17) is 0 Å². The summed E-state index contributed by atoms with van der Waals surface area (Å²) < 4.78 is 39.6. The van der Waals surface area contributed by atoms with Gasteiger partial charge in [-0.3, -0.25) is 9.59 Å². The smallest absolute Gasteiger partial charge is 0.350 e. The van der Waals surface area contributed by atoms with Crippen LogP contribution in [0, 0.1) is 6.92 Å². The van der Waals surface area contributed by atoms with Crippen LogP contribution in [0.1, 0.15) is 16.7 Å². The zero-order valence-corrected chi connectivity index (χ0v) is 16.4. The Balaban J connectivity index is 1.82. The Morgan fingerprint density at radius 2 is 1.48 bits per heavy atom. The Morgan fingerprint density at radius 3 is 2.16 bits per heavy atom. The molecule has 1 aliphatic rings. The molecule has 0 aromatic heterocycles. The number of halogens is 3. The van der Waals surface area contributed by atoms with Crippen molar-refractivity contribution in [1.29, 1.82) is 0 Å². The second-order valence-corrected chi connectivity index (χ2v) is 7.05. The van der Waals surface area contributed by atoms with Crippen molar-refractivity contribution in [3.8, 4) is 0 Å². The molecule has 1 N–H and O–H groups in total. The van der Waals surface area contributed by atoms with Gasteiger partial charge in [0.25, 0.3) is 11.8 Å². The molecule has 1 heterocycles. The molecule has 7 heteroatoms. The minimum absolute atomic E-state index is 0.0166. The number of alkyl halides is 3. The summed E-state index contributed by atoms with van der Waals surface area (Å²) in [6, 6.07) is 20.0. The molecule has 1 aliphatic heterocycles. The van der Waals surface area contributed by atoms with Gasteiger partial charge in [0.15, 0.2) is 0 Å². The van der Waals surface area contributed by atoms with Gasteiger partial charge in [0, 0.05) is 5.69 Å². The van der Waals surface area contributed by atoms with Crippen LogP contribution < -0.4 is 10.2 Å². The van der Waals surface area contributed by atoms with Crippen LogP contribution in [-0.4, -0.2) is 11.8 Å². The van der Waals surface area contributed by atoms with Gasteiger partial charge in [-0.05, 0) is 42.3 Å². The largest absolute Gasteiger partial charge is 0.416 e. The van der Waals surface area contributed by atoms with E-state index in [2.05, 4.69) is 5.32 Å². The van der Waals surface area contributed by atoms with Crippen LogP contribution in [0.3, 0.4) is 0 Å². The van der Waals surface area contributed by atoms with Crippen molar-refractivity contribution in [1.82, 2.24) is 0 Å². The second kappa shape index (κ2) is 7.75. The van der Waals surface area contributed by atoms with Crippen molar-refractivity contribution in [2.24, 2.45) is 0 Å². The number of aryl methyl sites for hydroxylation is 1. The normalized spacial score (nSPS) is 14.4. The van der Waals surface area contributed by atoms with E-state index in [1.165, 1.54) is 12.1 Å². The first-order valence-electron chi connectivity index (χ1n) is 9.46. The van der Waals surface area contributed by atoms with Gasteiger partial charge in [0.1, 0.15) is 5.70 Å². The van der Waals surface area contributed by atoms with Crippen molar-refractivity contribution in [3.05, 3.63) is 101 Å². The predicted molar refractivity (Wildman–Crippen MR) is 112 cm³/mol. The minimum atomic E-state index is -4.60. The standard InChI is InChI=1S/C24H17F3N2O2/c1-15-8-5-6-13-19(15)28-21-20(16-9-3-2-4-10-16)22(30)29(23(21)31)18-12-7-11-17(14-18)24(25,26)27/h2-14,28H,1H3. The summed E-state index contributed by atoms with van der Waals surface area (Å²) in [6.45, 7) is 1.84. The highest BCUT2D eigenvalue weighted by molar-refractivity contribution is 6.46. The first-order chi connectivity index (χ1) is 14.8. The molecular weight excluding hydrogens is 405 g/mol. The zero-order valence-electron chi connectivity index (χ0n) is 16.4. The van der Waals surface area contributed by atoms with E-state index >= 15 is 0 Å². The maximum atomic E-state index is 13.3. The van der Waals surface area contributed by atoms with Crippen LogP contribution in [0.25, 0.3) is 5.57 Å². The summed E-state index contributed by atoms with van der Waals surface area (Å²) in [5.41, 5.74) is 1.01. The number of carbonyl (C=O) groups excluding carboxylic acids is 2. The topological polar surface area (TPSA) is 49.4 Å². The zero-order chi connectivity index (χ0) is 22.2. The fourth-order valence-corrected chi connectivity index (χ4v) is 3.42. The molecule has 3 aromatic carbocycles. The van der Waals surface area contributed by atoms with Crippen LogP contribution in [0.5, 0.6) is 0 Å². The van der Waals surface area contributed by atoms with Crippen molar-refractivity contribution in [2.75, 3.05) is 10.2 Å². The third-order valence-corrected chi connectivity index (χ3v) is 4.98. The molecule has 0 saturated carbocycles. The maximum absolute atomic E-state index is 13.3. The van der Waals surface area contributed by atoms with E-state index < -0.39 is 23.6 Å². The number of nitrogens with one attached hydrogen (secondary N) is 1. The molecule has 156 valence electrons. The summed E-state index contributed by atoms with van der Waals surface area (Å²) in [7, 11) is 0. The molecule has 0 atom stereocenters. The van der Waals surface area contributed by atoms with Crippen LogP contribution in [0.15, 0.2) is 84.6 Å². The molecule has 0 aliphatic carbocycles. The highest BCUT2D eigenvalue weighted by Crippen LogP contribution is 2.37. The molecule has 0 saturated heterocycles. The number of hydrogen-bond donors (Lipinski definition) is 1. The molecule has 0 bridgehead atoms. The van der Waals surface area contributed by atoms with E-state index in [-0.39, 0.29) is 17.0 Å². The van der Waals surface area contributed by atoms with Crippen LogP contribution in [0.4, 0.5) is 24.5 Å². The van der Waals surface area contributed by atoms with Gasteiger partial charge < -0.3 is 5.32 Å². The van der Waals surface area contributed by atoms with Gasteiger partial charge in [-0.15, -0.1) is 0 Å². The fourth-order valence-electron chi connectivity index (χ4n) is 3.42. The summed E-state index contributed by atoms with van der Waals surface area (Å²) >= 11 is 0. The summed E-state index contributed by atoms with van der Waals surface area (Å²) in [5, 5.41) is 3.03. The van der Waals surface area contributed by atoms with Crippen LogP contribution in [0.2, 0.25) is 0 Å². The lowest BCUT2D eigenvalue weighted by Crippen LogP contribution is -2.32. The molecule has 3 aromatic rings. The molecule has 4 rings (SSSR count). The average Bonchev–Trinajstić information content (AvgIpc) is 2.99. The Bertz CT molecular complexity index is 1200. The highest BCUT2D eigenvalue weighted by Gasteiger charge is 2.41. The monoisotopic (exact) mass is 422 g/mol. The SMILES string of the molecule is Cc1ccccc1NC1=C(c2ccccc2)C(=O)N(c2cccc(C(F)(F)F)c2)C1=O. The van der Waals surface area contributed by atoms with E-state index in [9.17, 15) is 22.8 Å². The highest BCUT2D eigenvalue weighted by atomic mass is 19.4. The molecule has 0 spiro atoms. The lowest BCUT2D eigenvalue weighted by atomic mass is 10.0. The van der Waals surface area contributed by atoms with E-state index in [1.54, 1.807) is 42.5 Å². The van der Waals surface area contributed by atoms with Gasteiger partial charge >= 0.3 is 6.18 Å². The first kappa shape index (κ1) is 20.4. The predicted octanol–water partition coefficient (Wildman–Crippen LogP) is 5.41. The number of rotatable bonds is 4. The quantitative estimate of drug-likeness (QED) is 0.572. The molecule has 31 heavy (non-hydrogen) atoms. The molecular formula is C24H17F3N2O2. The van der Waals surface area contributed by atoms with Gasteiger partial charge in [-0.2, -0.15) is 13.2 Å². The second-order valence-electron chi connectivity index (χ2n) is 7.05. The third kappa shape index (κ3) is 3.82. The Kier molecular flexibility index (Phi) is 5.10. The molecule has 0 unspecified atom stereocenters. The Morgan fingerprint density at radius 1 is 0.806 bits per heavy atom. The summed E-state index contributed by atoms with van der Waals surface area (Å²) in [4.78, 5) is 27.3.